The fourth-order valence-electron chi connectivity index (χ4n) is 4.46. The van der Waals surface area contributed by atoms with E-state index in [1.54, 1.807) is 9.80 Å². The Morgan fingerprint density at radius 1 is 1.06 bits per heavy atom. The lowest BCUT2D eigenvalue weighted by Gasteiger charge is -2.32. The Balaban J connectivity index is 1.74. The van der Waals surface area contributed by atoms with Crippen molar-refractivity contribution in [3.05, 3.63) is 83.1 Å². The van der Waals surface area contributed by atoms with Crippen LogP contribution in [0.25, 0.3) is 0 Å². The van der Waals surface area contributed by atoms with Gasteiger partial charge in [0.25, 0.3) is 5.91 Å². The van der Waals surface area contributed by atoms with Crippen LogP contribution >= 0.6 is 0 Å². The summed E-state index contributed by atoms with van der Waals surface area (Å²) in [6, 6.07) is 17.2. The van der Waals surface area contributed by atoms with Crippen LogP contribution in [0.2, 0.25) is 0 Å². The first-order valence-electron chi connectivity index (χ1n) is 11.4. The number of likely N-dealkylation sites (N-methyl/N-ethyl adjacent to an activating group) is 1. The van der Waals surface area contributed by atoms with Crippen molar-refractivity contribution >= 4 is 17.8 Å². The number of nitrogens with one attached hydrogen (secondary N) is 2. The number of benzene rings is 2. The number of hydrogen-bond acceptors (Lipinski definition) is 3. The number of nitrogens with zero attached hydrogens (tertiary/aromatic N) is 2. The summed E-state index contributed by atoms with van der Waals surface area (Å²) in [6.45, 7) is 7.09. The van der Waals surface area contributed by atoms with Crippen LogP contribution in [0.1, 0.15) is 44.0 Å². The third kappa shape index (κ3) is 4.35. The van der Waals surface area contributed by atoms with E-state index >= 15 is 0 Å². The van der Waals surface area contributed by atoms with E-state index in [9.17, 15) is 14.4 Å². The van der Waals surface area contributed by atoms with Gasteiger partial charge in [0.15, 0.2) is 0 Å². The molecule has 0 radical (unpaired) electrons. The van der Waals surface area contributed by atoms with Crippen LogP contribution in [-0.2, 0) is 9.59 Å². The molecule has 0 fully saturated rings. The van der Waals surface area contributed by atoms with Crippen molar-refractivity contribution < 1.29 is 14.4 Å². The molecular formula is C26H30N4O3. The summed E-state index contributed by atoms with van der Waals surface area (Å²) < 4.78 is 0. The summed E-state index contributed by atoms with van der Waals surface area (Å²) in [5.74, 6) is -0.168. The van der Waals surface area contributed by atoms with Crippen LogP contribution < -0.4 is 10.6 Å². The second-order valence-corrected chi connectivity index (χ2v) is 8.78. The molecule has 2 aromatic carbocycles. The van der Waals surface area contributed by atoms with E-state index < -0.39 is 12.1 Å². The van der Waals surface area contributed by atoms with Crippen LogP contribution in [0.4, 0.5) is 4.79 Å². The predicted octanol–water partition coefficient (Wildman–Crippen LogP) is 3.38. The summed E-state index contributed by atoms with van der Waals surface area (Å²) in [5.41, 5.74) is 2.77. The lowest BCUT2D eigenvalue weighted by atomic mass is 9.95. The zero-order chi connectivity index (χ0) is 23.5. The summed E-state index contributed by atoms with van der Waals surface area (Å²) in [4.78, 5) is 43.3. The molecule has 0 saturated carbocycles. The van der Waals surface area contributed by atoms with Crippen molar-refractivity contribution in [3.8, 4) is 0 Å². The standard InChI is InChI=1S/C26H30N4O3/c1-4-29-20-16-30(23(19-13-9-6-10-14-19)24(31)27-15-17(2)3)25(32)21(20)22(28-26(29)33)18-11-7-5-8-12-18/h5-14,17,22-23H,4,15-16H2,1-3H3,(H,27,31)(H,28,33)/t22-,23-/m0/s1. The van der Waals surface area contributed by atoms with Crippen LogP contribution in [0.15, 0.2) is 71.9 Å². The SMILES string of the molecule is CCN1C(=O)N[C@@H](c2ccccc2)C2=C1CN([C@H](C(=O)NCC(C)C)c1ccccc1)C2=O. The van der Waals surface area contributed by atoms with Crippen molar-refractivity contribution in [2.75, 3.05) is 19.6 Å². The molecule has 7 nitrogen and oxygen atoms in total. The van der Waals surface area contributed by atoms with Crippen molar-refractivity contribution in [3.63, 3.8) is 0 Å². The molecule has 0 aromatic heterocycles. The van der Waals surface area contributed by atoms with Gasteiger partial charge in [-0.05, 0) is 24.0 Å². The Morgan fingerprint density at radius 3 is 2.30 bits per heavy atom. The van der Waals surface area contributed by atoms with Crippen molar-refractivity contribution in [2.45, 2.75) is 32.9 Å². The summed E-state index contributed by atoms with van der Waals surface area (Å²) in [5, 5.41) is 5.97. The fraction of sp³-hybridized carbons (Fsp3) is 0.346. The Labute approximate surface area is 194 Å². The lowest BCUT2D eigenvalue weighted by molar-refractivity contribution is -0.136. The average Bonchev–Trinajstić information content (AvgIpc) is 3.15. The molecule has 7 heteroatoms. The molecule has 4 amide bonds. The molecule has 0 spiro atoms. The molecule has 2 heterocycles. The third-order valence-electron chi connectivity index (χ3n) is 6.06. The van der Waals surface area contributed by atoms with Crippen molar-refractivity contribution in [2.24, 2.45) is 5.92 Å². The van der Waals surface area contributed by atoms with Gasteiger partial charge in [0.1, 0.15) is 6.04 Å². The number of rotatable bonds is 7. The first-order chi connectivity index (χ1) is 15.9. The van der Waals surface area contributed by atoms with Gasteiger partial charge >= 0.3 is 6.03 Å². The molecule has 0 unspecified atom stereocenters. The molecule has 2 atom stereocenters. The first kappa shape index (κ1) is 22.6. The minimum absolute atomic E-state index is 0.202. The van der Waals surface area contributed by atoms with Gasteiger partial charge in [0, 0.05) is 13.1 Å². The van der Waals surface area contributed by atoms with E-state index in [4.69, 9.17) is 0 Å². The Kier molecular flexibility index (Phi) is 6.49. The van der Waals surface area contributed by atoms with E-state index in [2.05, 4.69) is 10.6 Å². The maximum atomic E-state index is 13.9. The maximum absolute atomic E-state index is 13.9. The van der Waals surface area contributed by atoms with Crippen molar-refractivity contribution in [1.82, 2.24) is 20.4 Å². The number of carbonyl (C=O) groups is 3. The molecule has 0 bridgehead atoms. The average molecular weight is 447 g/mol. The van der Waals surface area contributed by atoms with E-state index in [1.165, 1.54) is 0 Å². The van der Waals surface area contributed by atoms with Gasteiger partial charge in [0.2, 0.25) is 5.91 Å². The highest BCUT2D eigenvalue weighted by Gasteiger charge is 2.47. The number of urea groups is 1. The molecule has 4 rings (SSSR count). The Bertz CT molecular complexity index is 1070. The van der Waals surface area contributed by atoms with E-state index in [0.717, 1.165) is 11.1 Å². The Hall–Kier alpha value is -3.61. The van der Waals surface area contributed by atoms with Gasteiger partial charge in [-0.25, -0.2) is 4.79 Å². The highest BCUT2D eigenvalue weighted by atomic mass is 16.2. The van der Waals surface area contributed by atoms with Crippen LogP contribution in [-0.4, -0.2) is 47.3 Å². The van der Waals surface area contributed by atoms with Gasteiger partial charge in [-0.15, -0.1) is 0 Å². The molecule has 2 aromatic rings. The van der Waals surface area contributed by atoms with Crippen LogP contribution in [0.5, 0.6) is 0 Å². The molecule has 2 aliphatic heterocycles. The topological polar surface area (TPSA) is 81.8 Å². The van der Waals surface area contributed by atoms with Gasteiger partial charge in [0.05, 0.1) is 23.9 Å². The number of carbonyl (C=O) groups excluding carboxylic acids is 3. The zero-order valence-electron chi connectivity index (χ0n) is 19.2. The second kappa shape index (κ2) is 9.48. The normalized spacial score (nSPS) is 19.0. The summed E-state index contributed by atoms with van der Waals surface area (Å²) >= 11 is 0. The van der Waals surface area contributed by atoms with Crippen LogP contribution in [0.3, 0.4) is 0 Å². The third-order valence-corrected chi connectivity index (χ3v) is 6.06. The quantitative estimate of drug-likeness (QED) is 0.684. The van der Waals surface area contributed by atoms with E-state index in [0.29, 0.717) is 24.4 Å². The molecule has 2 aliphatic rings. The summed E-state index contributed by atoms with van der Waals surface area (Å²) in [7, 11) is 0. The van der Waals surface area contributed by atoms with Crippen molar-refractivity contribution in [1.29, 1.82) is 0 Å². The molecule has 172 valence electrons. The maximum Gasteiger partial charge on any atom is 0.322 e. The highest BCUT2D eigenvalue weighted by Crippen LogP contribution is 2.39. The molecular weight excluding hydrogens is 416 g/mol. The van der Waals surface area contributed by atoms with Gasteiger partial charge in [-0.1, -0.05) is 74.5 Å². The fourth-order valence-corrected chi connectivity index (χ4v) is 4.46. The summed E-state index contributed by atoms with van der Waals surface area (Å²) in [6.07, 6.45) is 0. The van der Waals surface area contributed by atoms with Crippen LogP contribution in [0, 0.1) is 5.92 Å². The smallest absolute Gasteiger partial charge is 0.322 e. The zero-order valence-corrected chi connectivity index (χ0v) is 19.2. The minimum atomic E-state index is -0.784. The monoisotopic (exact) mass is 446 g/mol. The molecule has 2 N–H and O–H groups in total. The predicted molar refractivity (Wildman–Crippen MR) is 126 cm³/mol. The first-order valence-corrected chi connectivity index (χ1v) is 11.4. The molecule has 0 saturated heterocycles. The van der Waals surface area contributed by atoms with E-state index in [-0.39, 0.29) is 30.3 Å². The largest absolute Gasteiger partial charge is 0.354 e. The molecule has 0 aliphatic carbocycles. The lowest BCUT2D eigenvalue weighted by Crippen LogP contribution is -2.47. The van der Waals surface area contributed by atoms with Gasteiger partial charge in [-0.2, -0.15) is 0 Å². The second-order valence-electron chi connectivity index (χ2n) is 8.78. The highest BCUT2D eigenvalue weighted by molar-refractivity contribution is 6.03. The number of hydrogen-bond donors (Lipinski definition) is 2. The van der Waals surface area contributed by atoms with Gasteiger partial charge < -0.3 is 15.5 Å². The van der Waals surface area contributed by atoms with Gasteiger partial charge in [-0.3, -0.25) is 14.5 Å². The molecule has 33 heavy (non-hydrogen) atoms. The minimum Gasteiger partial charge on any atom is -0.354 e. The Morgan fingerprint density at radius 2 is 1.70 bits per heavy atom. The van der Waals surface area contributed by atoms with E-state index in [1.807, 2.05) is 81.4 Å². The number of amides is 4.